The van der Waals surface area contributed by atoms with Crippen LogP contribution in [0.5, 0.6) is 5.75 Å². The molecule has 1 aromatic carbocycles. The first-order valence-electron chi connectivity index (χ1n) is 12.1. The van der Waals surface area contributed by atoms with Crippen molar-refractivity contribution in [3.8, 4) is 11.4 Å². The number of halogens is 2. The van der Waals surface area contributed by atoms with E-state index in [0.29, 0.717) is 17.3 Å². The molecule has 3 aromatic rings. The highest BCUT2D eigenvalue weighted by molar-refractivity contribution is 7.91. The average molecular weight is 536 g/mol. The number of methoxy groups -OCH3 is 1. The van der Waals surface area contributed by atoms with Crippen LogP contribution in [-0.4, -0.2) is 58.5 Å². The van der Waals surface area contributed by atoms with Crippen LogP contribution in [0, 0.1) is 13.8 Å². The Bertz CT molecular complexity index is 1330. The maximum atomic E-state index is 13.7. The van der Waals surface area contributed by atoms with Crippen molar-refractivity contribution in [2.45, 2.75) is 69.5 Å². The third-order valence-electron chi connectivity index (χ3n) is 6.65. The Morgan fingerprint density at radius 3 is 2.43 bits per heavy atom. The molecular formula is C25H31F2N5O4S. The van der Waals surface area contributed by atoms with Crippen LogP contribution < -0.4 is 4.74 Å². The summed E-state index contributed by atoms with van der Waals surface area (Å²) in [6, 6.07) is 5.57. The Morgan fingerprint density at radius 2 is 1.84 bits per heavy atom. The van der Waals surface area contributed by atoms with Gasteiger partial charge >= 0.3 is 0 Å². The van der Waals surface area contributed by atoms with Crippen LogP contribution in [0.15, 0.2) is 30.6 Å². The molecule has 0 unspecified atom stereocenters. The lowest BCUT2D eigenvalue weighted by Gasteiger charge is -2.27. The van der Waals surface area contributed by atoms with Crippen molar-refractivity contribution in [1.29, 1.82) is 0 Å². The molecule has 2 heterocycles. The fourth-order valence-corrected chi connectivity index (χ4v) is 5.71. The molecule has 0 bridgehead atoms. The van der Waals surface area contributed by atoms with Crippen LogP contribution in [0.1, 0.15) is 66.8 Å². The molecule has 0 amide bonds. The molecule has 9 nitrogen and oxygen atoms in total. The zero-order chi connectivity index (χ0) is 26.7. The van der Waals surface area contributed by atoms with Crippen LogP contribution in [0.4, 0.5) is 8.78 Å². The SMILES string of the molecule is COc1cccc(C)c1-n1c(CS(=O)(=O)[C@@H](C)[C@H](OCC(F)F)c2ncc(C)cn2)nnc1C1CCC1. The van der Waals surface area contributed by atoms with Gasteiger partial charge in [-0.15, -0.1) is 10.2 Å². The number of ether oxygens (including phenoxy) is 2. The van der Waals surface area contributed by atoms with Gasteiger partial charge in [0.2, 0.25) is 0 Å². The summed E-state index contributed by atoms with van der Waals surface area (Å²) in [6.07, 6.45) is 1.86. The van der Waals surface area contributed by atoms with Crippen LogP contribution >= 0.6 is 0 Å². The summed E-state index contributed by atoms with van der Waals surface area (Å²) in [4.78, 5) is 8.30. The lowest BCUT2D eigenvalue weighted by molar-refractivity contribution is -0.0284. The summed E-state index contributed by atoms with van der Waals surface area (Å²) < 4.78 is 66.1. The van der Waals surface area contributed by atoms with E-state index in [9.17, 15) is 17.2 Å². The number of sulfone groups is 1. The van der Waals surface area contributed by atoms with Crippen molar-refractivity contribution in [3.63, 3.8) is 0 Å². The van der Waals surface area contributed by atoms with Gasteiger partial charge in [-0.05, 0) is 50.8 Å². The predicted molar refractivity (Wildman–Crippen MR) is 133 cm³/mol. The van der Waals surface area contributed by atoms with E-state index in [1.54, 1.807) is 24.7 Å². The first-order chi connectivity index (χ1) is 17.6. The second kappa shape index (κ2) is 11.2. The molecule has 0 N–H and O–H groups in total. The minimum absolute atomic E-state index is 0.0273. The largest absolute Gasteiger partial charge is 0.495 e. The van der Waals surface area contributed by atoms with Crippen LogP contribution in [0.25, 0.3) is 5.69 Å². The number of aromatic nitrogens is 5. The summed E-state index contributed by atoms with van der Waals surface area (Å²) in [6.45, 7) is 4.15. The highest BCUT2D eigenvalue weighted by Gasteiger charge is 2.37. The number of hydrogen-bond acceptors (Lipinski definition) is 8. The molecule has 1 saturated carbocycles. The van der Waals surface area contributed by atoms with Gasteiger partial charge < -0.3 is 9.47 Å². The van der Waals surface area contributed by atoms with E-state index in [0.717, 1.165) is 30.4 Å². The first kappa shape index (κ1) is 27.1. The van der Waals surface area contributed by atoms with Gasteiger partial charge in [0.25, 0.3) is 6.43 Å². The van der Waals surface area contributed by atoms with Gasteiger partial charge in [0.1, 0.15) is 30.0 Å². The van der Waals surface area contributed by atoms with E-state index < -0.39 is 40.0 Å². The summed E-state index contributed by atoms with van der Waals surface area (Å²) >= 11 is 0. The molecule has 4 rings (SSSR count). The fraction of sp³-hybridized carbons (Fsp3) is 0.520. The zero-order valence-corrected chi connectivity index (χ0v) is 22.1. The van der Waals surface area contributed by atoms with E-state index in [4.69, 9.17) is 9.47 Å². The Morgan fingerprint density at radius 1 is 1.14 bits per heavy atom. The summed E-state index contributed by atoms with van der Waals surface area (Å²) in [5.41, 5.74) is 2.30. The van der Waals surface area contributed by atoms with Gasteiger partial charge in [0.15, 0.2) is 21.5 Å². The first-order valence-corrected chi connectivity index (χ1v) is 13.8. The summed E-state index contributed by atoms with van der Waals surface area (Å²) in [7, 11) is -2.44. The van der Waals surface area contributed by atoms with E-state index in [-0.39, 0.29) is 17.6 Å². The second-order valence-corrected chi connectivity index (χ2v) is 11.7. The third-order valence-corrected chi connectivity index (χ3v) is 8.69. The third kappa shape index (κ3) is 5.80. The molecule has 2 aromatic heterocycles. The van der Waals surface area contributed by atoms with E-state index in [1.807, 2.05) is 19.1 Å². The normalized spacial score (nSPS) is 16.0. The molecule has 1 aliphatic carbocycles. The number of hydrogen-bond donors (Lipinski definition) is 0. The Kier molecular flexibility index (Phi) is 8.17. The lowest BCUT2D eigenvalue weighted by Crippen LogP contribution is -2.31. The molecule has 37 heavy (non-hydrogen) atoms. The minimum Gasteiger partial charge on any atom is -0.495 e. The van der Waals surface area contributed by atoms with Crippen molar-refractivity contribution >= 4 is 9.84 Å². The van der Waals surface area contributed by atoms with Crippen LogP contribution in [0.3, 0.4) is 0 Å². The maximum Gasteiger partial charge on any atom is 0.261 e. The van der Waals surface area contributed by atoms with E-state index >= 15 is 0 Å². The monoisotopic (exact) mass is 535 g/mol. The number of alkyl halides is 2. The Balaban J connectivity index is 1.73. The minimum atomic E-state index is -4.00. The van der Waals surface area contributed by atoms with Gasteiger partial charge in [0, 0.05) is 18.3 Å². The van der Waals surface area contributed by atoms with Crippen LogP contribution in [0.2, 0.25) is 0 Å². The summed E-state index contributed by atoms with van der Waals surface area (Å²) in [5, 5.41) is 7.44. The van der Waals surface area contributed by atoms with Gasteiger partial charge in [-0.2, -0.15) is 0 Å². The molecule has 0 radical (unpaired) electrons. The number of aryl methyl sites for hydroxylation is 2. The zero-order valence-electron chi connectivity index (χ0n) is 21.3. The van der Waals surface area contributed by atoms with Crippen molar-refractivity contribution in [2.24, 2.45) is 0 Å². The highest BCUT2D eigenvalue weighted by atomic mass is 32.2. The van der Waals surface area contributed by atoms with Gasteiger partial charge in [-0.3, -0.25) is 4.57 Å². The topological polar surface area (TPSA) is 109 Å². The van der Waals surface area contributed by atoms with Crippen molar-refractivity contribution in [1.82, 2.24) is 24.7 Å². The molecule has 12 heteroatoms. The number of nitrogens with zero attached hydrogens (tertiary/aromatic N) is 5. The van der Waals surface area contributed by atoms with Gasteiger partial charge in [0.05, 0.1) is 18.0 Å². The molecule has 0 aliphatic heterocycles. The molecule has 1 fully saturated rings. The number of para-hydroxylation sites is 1. The number of benzene rings is 1. The van der Waals surface area contributed by atoms with Crippen molar-refractivity contribution < 1.29 is 26.7 Å². The summed E-state index contributed by atoms with van der Waals surface area (Å²) in [5.74, 6) is 1.18. The predicted octanol–water partition coefficient (Wildman–Crippen LogP) is 4.28. The van der Waals surface area contributed by atoms with Crippen molar-refractivity contribution in [3.05, 3.63) is 59.2 Å². The molecule has 1 aliphatic rings. The van der Waals surface area contributed by atoms with Crippen molar-refractivity contribution in [2.75, 3.05) is 13.7 Å². The molecule has 2 atom stereocenters. The molecule has 200 valence electrons. The molecule has 0 spiro atoms. The smallest absolute Gasteiger partial charge is 0.261 e. The quantitative estimate of drug-likeness (QED) is 0.358. The second-order valence-electron chi connectivity index (χ2n) is 9.34. The average Bonchev–Trinajstić information content (AvgIpc) is 3.20. The highest BCUT2D eigenvalue weighted by Crippen LogP contribution is 2.39. The number of rotatable bonds is 11. The van der Waals surface area contributed by atoms with Gasteiger partial charge in [-0.25, -0.2) is 27.2 Å². The van der Waals surface area contributed by atoms with Crippen LogP contribution in [-0.2, 0) is 20.3 Å². The fourth-order valence-electron chi connectivity index (χ4n) is 4.33. The Labute approximate surface area is 215 Å². The van der Waals surface area contributed by atoms with E-state index in [1.165, 1.54) is 19.3 Å². The molecular weight excluding hydrogens is 504 g/mol. The Hall–Kier alpha value is -2.99. The van der Waals surface area contributed by atoms with E-state index in [2.05, 4.69) is 20.2 Å². The molecule has 0 saturated heterocycles. The standard InChI is InChI=1S/C25H31F2N5O4S/c1-15-11-28-24(29-12-15)23(36-13-20(26)27)17(3)37(33,34)14-21-30-31-25(18-8-6-9-18)32(21)22-16(2)7-5-10-19(22)35-4/h5,7,10-12,17-18,20,23H,6,8-9,13-14H2,1-4H3/t17-,23-/m0/s1. The van der Waals surface area contributed by atoms with Gasteiger partial charge in [-0.1, -0.05) is 18.6 Å². The maximum absolute atomic E-state index is 13.7. The lowest BCUT2D eigenvalue weighted by atomic mass is 9.84.